The van der Waals surface area contributed by atoms with E-state index >= 15 is 0 Å². The summed E-state index contributed by atoms with van der Waals surface area (Å²) in [5.41, 5.74) is -1.25. The van der Waals surface area contributed by atoms with Gasteiger partial charge < -0.3 is 15.1 Å². The first-order chi connectivity index (χ1) is 12.7. The first-order valence-corrected chi connectivity index (χ1v) is 10.8. The lowest BCUT2D eigenvalue weighted by Gasteiger charge is -2.38. The Labute approximate surface area is 159 Å². The standard InChI is InChI=1S/C17H25N5O4S/c1-17(2,14(23)20-13-4-11-27(25,26)12-13)15(24)21-7-9-22(10-8-21)16-18-5-3-6-19-16/h3,5-6,13H,4,7-12H2,1-2H3,(H,20,23). The largest absolute Gasteiger partial charge is 0.351 e. The number of carbonyl (C=O) groups excluding carboxylic acids is 2. The third-order valence-corrected chi connectivity index (χ3v) is 6.84. The molecule has 27 heavy (non-hydrogen) atoms. The highest BCUT2D eigenvalue weighted by molar-refractivity contribution is 7.91. The van der Waals surface area contributed by atoms with E-state index in [1.54, 1.807) is 37.2 Å². The van der Waals surface area contributed by atoms with E-state index in [0.29, 0.717) is 38.5 Å². The molecule has 0 radical (unpaired) electrons. The van der Waals surface area contributed by atoms with Crippen LogP contribution in [0.1, 0.15) is 20.3 Å². The van der Waals surface area contributed by atoms with Crippen molar-refractivity contribution in [3.8, 4) is 0 Å². The summed E-state index contributed by atoms with van der Waals surface area (Å²) >= 11 is 0. The van der Waals surface area contributed by atoms with Crippen molar-refractivity contribution < 1.29 is 18.0 Å². The predicted molar refractivity (Wildman–Crippen MR) is 99.8 cm³/mol. The molecule has 1 unspecified atom stereocenters. The topological polar surface area (TPSA) is 113 Å². The van der Waals surface area contributed by atoms with Gasteiger partial charge >= 0.3 is 0 Å². The van der Waals surface area contributed by atoms with Gasteiger partial charge in [0.25, 0.3) is 0 Å². The van der Waals surface area contributed by atoms with Crippen molar-refractivity contribution in [2.75, 3.05) is 42.6 Å². The van der Waals surface area contributed by atoms with Crippen LogP contribution in [0.25, 0.3) is 0 Å². The maximum absolute atomic E-state index is 12.9. The van der Waals surface area contributed by atoms with Crippen LogP contribution in [0.3, 0.4) is 0 Å². The molecule has 2 amide bonds. The molecule has 1 atom stereocenters. The van der Waals surface area contributed by atoms with Gasteiger partial charge in [-0.15, -0.1) is 0 Å². The lowest BCUT2D eigenvalue weighted by molar-refractivity contribution is -0.149. The van der Waals surface area contributed by atoms with Crippen LogP contribution in [0, 0.1) is 5.41 Å². The number of carbonyl (C=O) groups is 2. The van der Waals surface area contributed by atoms with E-state index < -0.39 is 27.2 Å². The minimum atomic E-state index is -3.09. The van der Waals surface area contributed by atoms with Crippen LogP contribution >= 0.6 is 0 Å². The molecule has 1 aromatic rings. The molecular weight excluding hydrogens is 370 g/mol. The van der Waals surface area contributed by atoms with Crippen molar-refractivity contribution in [3.05, 3.63) is 18.5 Å². The quantitative estimate of drug-likeness (QED) is 0.681. The highest BCUT2D eigenvalue weighted by Crippen LogP contribution is 2.23. The average Bonchev–Trinajstić information content (AvgIpc) is 3.00. The number of aromatic nitrogens is 2. The Balaban J connectivity index is 1.57. The molecule has 2 saturated heterocycles. The van der Waals surface area contributed by atoms with Crippen LogP contribution in [0.4, 0.5) is 5.95 Å². The number of piperazine rings is 1. The van der Waals surface area contributed by atoms with Crippen molar-refractivity contribution in [3.63, 3.8) is 0 Å². The van der Waals surface area contributed by atoms with Crippen LogP contribution in [0.2, 0.25) is 0 Å². The summed E-state index contributed by atoms with van der Waals surface area (Å²) in [6.45, 7) is 5.31. The first-order valence-electron chi connectivity index (χ1n) is 9.02. The van der Waals surface area contributed by atoms with Gasteiger partial charge in [0.1, 0.15) is 5.41 Å². The van der Waals surface area contributed by atoms with Gasteiger partial charge in [-0.05, 0) is 26.3 Å². The molecule has 2 aliphatic rings. The number of nitrogens with one attached hydrogen (secondary N) is 1. The smallest absolute Gasteiger partial charge is 0.237 e. The molecule has 0 bridgehead atoms. The summed E-state index contributed by atoms with van der Waals surface area (Å²) < 4.78 is 23.1. The number of amides is 2. The summed E-state index contributed by atoms with van der Waals surface area (Å²) in [5, 5.41) is 2.73. The lowest BCUT2D eigenvalue weighted by Crippen LogP contribution is -2.56. The second kappa shape index (κ2) is 7.41. The fourth-order valence-electron chi connectivity index (χ4n) is 3.33. The van der Waals surface area contributed by atoms with Crippen molar-refractivity contribution in [1.82, 2.24) is 20.2 Å². The van der Waals surface area contributed by atoms with Gasteiger partial charge in [0.05, 0.1) is 11.5 Å². The zero-order valence-electron chi connectivity index (χ0n) is 15.6. The highest BCUT2D eigenvalue weighted by atomic mass is 32.2. The molecule has 0 aliphatic carbocycles. The maximum atomic E-state index is 12.9. The van der Waals surface area contributed by atoms with E-state index in [2.05, 4.69) is 15.3 Å². The zero-order valence-corrected chi connectivity index (χ0v) is 16.4. The normalized spacial score (nSPS) is 22.5. The lowest BCUT2D eigenvalue weighted by atomic mass is 9.89. The molecule has 1 aromatic heterocycles. The summed E-state index contributed by atoms with van der Waals surface area (Å²) in [6.07, 6.45) is 3.75. The third-order valence-electron chi connectivity index (χ3n) is 5.07. The molecule has 0 spiro atoms. The number of sulfone groups is 1. The van der Waals surface area contributed by atoms with Gasteiger partial charge in [-0.3, -0.25) is 9.59 Å². The SMILES string of the molecule is CC(C)(C(=O)NC1CCS(=O)(=O)C1)C(=O)N1CCN(c2ncccn2)CC1. The Morgan fingerprint density at radius 1 is 1.15 bits per heavy atom. The van der Waals surface area contributed by atoms with E-state index in [1.807, 2.05) is 4.90 Å². The Bertz CT molecular complexity index is 804. The predicted octanol–water partition coefficient (Wildman–Crippen LogP) is -0.545. The Morgan fingerprint density at radius 2 is 1.78 bits per heavy atom. The van der Waals surface area contributed by atoms with E-state index in [1.165, 1.54) is 0 Å². The molecule has 3 heterocycles. The van der Waals surface area contributed by atoms with Crippen molar-refractivity contribution in [2.45, 2.75) is 26.3 Å². The Hall–Kier alpha value is -2.23. The summed E-state index contributed by atoms with van der Waals surface area (Å²) in [7, 11) is -3.09. The summed E-state index contributed by atoms with van der Waals surface area (Å²) in [4.78, 5) is 37.6. The minimum Gasteiger partial charge on any atom is -0.351 e. The van der Waals surface area contributed by atoms with Crippen molar-refractivity contribution in [1.29, 1.82) is 0 Å². The van der Waals surface area contributed by atoms with Gasteiger partial charge in [-0.2, -0.15) is 0 Å². The minimum absolute atomic E-state index is 0.0568. The average molecular weight is 395 g/mol. The fraction of sp³-hybridized carbons (Fsp3) is 0.647. The van der Waals surface area contributed by atoms with Crippen LogP contribution in [-0.4, -0.2) is 78.8 Å². The number of anilines is 1. The van der Waals surface area contributed by atoms with Gasteiger partial charge in [0.2, 0.25) is 17.8 Å². The van der Waals surface area contributed by atoms with E-state index in [-0.39, 0.29) is 17.4 Å². The van der Waals surface area contributed by atoms with E-state index in [0.717, 1.165) is 0 Å². The van der Waals surface area contributed by atoms with Crippen molar-refractivity contribution in [2.24, 2.45) is 5.41 Å². The van der Waals surface area contributed by atoms with Crippen molar-refractivity contribution >= 4 is 27.6 Å². The van der Waals surface area contributed by atoms with Gasteiger partial charge in [0, 0.05) is 44.6 Å². The van der Waals surface area contributed by atoms with Crippen LogP contribution < -0.4 is 10.2 Å². The molecule has 3 rings (SSSR count). The molecule has 9 nitrogen and oxygen atoms in total. The van der Waals surface area contributed by atoms with Gasteiger partial charge in [0.15, 0.2) is 9.84 Å². The number of hydrogen-bond donors (Lipinski definition) is 1. The molecule has 0 saturated carbocycles. The van der Waals surface area contributed by atoms with Crippen LogP contribution in [0.15, 0.2) is 18.5 Å². The molecule has 2 aliphatic heterocycles. The van der Waals surface area contributed by atoms with Crippen LogP contribution in [0.5, 0.6) is 0 Å². The summed E-state index contributed by atoms with van der Waals surface area (Å²) in [6, 6.07) is 1.33. The molecule has 2 fully saturated rings. The van der Waals surface area contributed by atoms with E-state index in [9.17, 15) is 18.0 Å². The fourth-order valence-corrected chi connectivity index (χ4v) is 5.00. The van der Waals surface area contributed by atoms with E-state index in [4.69, 9.17) is 0 Å². The molecule has 148 valence electrons. The molecule has 10 heteroatoms. The third kappa shape index (κ3) is 4.37. The number of nitrogens with zero attached hydrogens (tertiary/aromatic N) is 4. The Morgan fingerprint density at radius 3 is 2.33 bits per heavy atom. The maximum Gasteiger partial charge on any atom is 0.237 e. The molecular formula is C17H25N5O4S. The number of hydrogen-bond acceptors (Lipinski definition) is 7. The first kappa shape index (κ1) is 19.5. The number of rotatable bonds is 4. The Kier molecular flexibility index (Phi) is 5.36. The monoisotopic (exact) mass is 395 g/mol. The van der Waals surface area contributed by atoms with Gasteiger partial charge in [-0.1, -0.05) is 0 Å². The second-order valence-corrected chi connectivity index (χ2v) is 9.76. The van der Waals surface area contributed by atoms with Crippen LogP contribution in [-0.2, 0) is 19.4 Å². The second-order valence-electron chi connectivity index (χ2n) is 7.53. The van der Waals surface area contributed by atoms with Gasteiger partial charge in [-0.25, -0.2) is 18.4 Å². The zero-order chi connectivity index (χ0) is 19.7. The molecule has 0 aromatic carbocycles. The molecule has 1 N–H and O–H groups in total. The summed E-state index contributed by atoms with van der Waals surface area (Å²) in [5.74, 6) is -0.0313. The highest BCUT2D eigenvalue weighted by Gasteiger charge is 2.42.